The van der Waals surface area contributed by atoms with E-state index in [0.29, 0.717) is 12.0 Å². The fraction of sp³-hybridized carbons (Fsp3) is 0.526. The van der Waals surface area contributed by atoms with E-state index >= 15 is 0 Å². The maximum Gasteiger partial charge on any atom is 0.150 e. The molecule has 1 aromatic carbocycles. The van der Waals surface area contributed by atoms with Crippen LogP contribution in [0.5, 0.6) is 0 Å². The minimum absolute atomic E-state index is 0.295. The lowest BCUT2D eigenvalue weighted by molar-refractivity contribution is 0.164. The summed E-state index contributed by atoms with van der Waals surface area (Å²) in [6.45, 7) is 9.60. The molecular weight excluding hydrogens is 312 g/mol. The van der Waals surface area contributed by atoms with Crippen molar-refractivity contribution in [2.75, 3.05) is 13.1 Å². The van der Waals surface area contributed by atoms with E-state index in [1.165, 1.54) is 5.52 Å². The number of rotatable bonds is 4. The number of hydrogen-bond acceptors (Lipinski definition) is 4. The molecule has 0 amide bonds. The highest BCUT2D eigenvalue weighted by Gasteiger charge is 2.28. The van der Waals surface area contributed by atoms with Gasteiger partial charge < -0.3 is 9.13 Å². The fourth-order valence-electron chi connectivity index (χ4n) is 3.85. The van der Waals surface area contributed by atoms with Crippen LogP contribution in [0.1, 0.15) is 50.2 Å². The first-order valence-electron chi connectivity index (χ1n) is 9.13. The zero-order valence-corrected chi connectivity index (χ0v) is 15.5. The molecule has 0 N–H and O–H groups in total. The smallest absolute Gasteiger partial charge is 0.150 e. The molecular formula is C19H26N6. The van der Waals surface area contributed by atoms with Gasteiger partial charge in [0.25, 0.3) is 0 Å². The van der Waals surface area contributed by atoms with Crippen molar-refractivity contribution < 1.29 is 0 Å². The van der Waals surface area contributed by atoms with Crippen molar-refractivity contribution in [3.63, 3.8) is 0 Å². The van der Waals surface area contributed by atoms with E-state index in [-0.39, 0.29) is 0 Å². The maximum atomic E-state index is 4.80. The lowest BCUT2D eigenvalue weighted by Gasteiger charge is -2.33. The van der Waals surface area contributed by atoms with Crippen LogP contribution < -0.4 is 0 Å². The number of nitrogens with zero attached hydrogens (tertiary/aromatic N) is 6. The summed E-state index contributed by atoms with van der Waals surface area (Å²) in [7, 11) is 2.11. The van der Waals surface area contributed by atoms with Crippen molar-refractivity contribution in [2.24, 2.45) is 7.05 Å². The molecule has 0 bridgehead atoms. The Bertz CT molecular complexity index is 891. The summed E-state index contributed by atoms with van der Waals surface area (Å²) < 4.78 is 4.52. The molecule has 1 atom stereocenters. The van der Waals surface area contributed by atoms with Gasteiger partial charge in [-0.2, -0.15) is 0 Å². The fourth-order valence-corrected chi connectivity index (χ4v) is 3.85. The molecule has 4 rings (SSSR count). The van der Waals surface area contributed by atoms with Gasteiger partial charge in [0, 0.05) is 39.0 Å². The van der Waals surface area contributed by atoms with Crippen LogP contribution in [0.25, 0.3) is 11.0 Å². The molecule has 1 aliphatic heterocycles. The van der Waals surface area contributed by atoms with Gasteiger partial charge in [-0.05, 0) is 19.1 Å². The molecule has 1 aliphatic rings. The largest absolute Gasteiger partial charge is 0.331 e. The molecule has 0 aliphatic carbocycles. The lowest BCUT2D eigenvalue weighted by Crippen LogP contribution is -2.39. The maximum absolute atomic E-state index is 4.80. The first kappa shape index (κ1) is 16.3. The van der Waals surface area contributed by atoms with Gasteiger partial charge in [0.05, 0.1) is 17.1 Å². The van der Waals surface area contributed by atoms with E-state index in [4.69, 9.17) is 4.98 Å². The van der Waals surface area contributed by atoms with E-state index in [0.717, 1.165) is 49.0 Å². The molecule has 0 saturated carbocycles. The average Bonchev–Trinajstić information content (AvgIpc) is 3.17. The van der Waals surface area contributed by atoms with Gasteiger partial charge in [-0.1, -0.05) is 26.0 Å². The Labute approximate surface area is 148 Å². The first-order chi connectivity index (χ1) is 12.1. The predicted octanol–water partition coefficient (Wildman–Crippen LogP) is 2.91. The van der Waals surface area contributed by atoms with E-state index in [1.54, 1.807) is 0 Å². The number of benzene rings is 1. The summed E-state index contributed by atoms with van der Waals surface area (Å²) in [6, 6.07) is 8.62. The number of para-hydroxylation sites is 2. The van der Waals surface area contributed by atoms with E-state index < -0.39 is 0 Å². The van der Waals surface area contributed by atoms with Crippen LogP contribution in [0.2, 0.25) is 0 Å². The number of fused-ring (bicyclic) bond motifs is 2. The molecule has 0 spiro atoms. The standard InChI is InChI=1S/C19H26N6/c1-13(2)18-21-22-19-14(3)24(11-12-25(18)19)10-9-17-20-15-7-5-6-8-16(15)23(17)4/h5-8,13-14H,9-12H2,1-4H3. The Morgan fingerprint density at radius 1 is 1.16 bits per heavy atom. The molecule has 0 saturated heterocycles. The van der Waals surface area contributed by atoms with Crippen LogP contribution in [0.4, 0.5) is 0 Å². The van der Waals surface area contributed by atoms with Gasteiger partial charge in [-0.25, -0.2) is 4.98 Å². The van der Waals surface area contributed by atoms with Gasteiger partial charge in [0.2, 0.25) is 0 Å². The molecule has 3 aromatic rings. The summed E-state index contributed by atoms with van der Waals surface area (Å²) in [4.78, 5) is 7.29. The van der Waals surface area contributed by atoms with Gasteiger partial charge >= 0.3 is 0 Å². The highest BCUT2D eigenvalue weighted by molar-refractivity contribution is 5.75. The SMILES string of the molecule is CC(C)c1nnc2n1CCN(CCc1nc3ccccc3n1C)C2C. The number of aromatic nitrogens is 5. The summed E-state index contributed by atoms with van der Waals surface area (Å²) in [6.07, 6.45) is 0.945. The van der Waals surface area contributed by atoms with Crippen molar-refractivity contribution >= 4 is 11.0 Å². The minimum Gasteiger partial charge on any atom is -0.331 e. The molecule has 132 valence electrons. The van der Waals surface area contributed by atoms with Crippen LogP contribution in [0.15, 0.2) is 24.3 Å². The van der Waals surface area contributed by atoms with Crippen molar-refractivity contribution in [3.8, 4) is 0 Å². The molecule has 3 heterocycles. The molecule has 6 nitrogen and oxygen atoms in total. The number of hydrogen-bond donors (Lipinski definition) is 0. The van der Waals surface area contributed by atoms with Gasteiger partial charge in [-0.3, -0.25) is 4.90 Å². The third kappa shape index (κ3) is 2.74. The van der Waals surface area contributed by atoms with Crippen LogP contribution >= 0.6 is 0 Å². The Kier molecular flexibility index (Phi) is 4.07. The second-order valence-electron chi connectivity index (χ2n) is 7.26. The summed E-state index contributed by atoms with van der Waals surface area (Å²) in [5.74, 6) is 3.76. The molecule has 2 aromatic heterocycles. The Hall–Kier alpha value is -2.21. The van der Waals surface area contributed by atoms with Crippen LogP contribution in [-0.2, 0) is 20.0 Å². The van der Waals surface area contributed by atoms with E-state index in [1.807, 2.05) is 6.07 Å². The Balaban J connectivity index is 1.50. The zero-order valence-electron chi connectivity index (χ0n) is 15.5. The molecule has 1 unspecified atom stereocenters. The summed E-state index contributed by atoms with van der Waals surface area (Å²) in [5.41, 5.74) is 2.28. The molecule has 0 radical (unpaired) electrons. The van der Waals surface area contributed by atoms with Crippen molar-refractivity contribution in [1.82, 2.24) is 29.2 Å². The lowest BCUT2D eigenvalue weighted by atomic mass is 10.1. The molecule has 0 fully saturated rings. The van der Waals surface area contributed by atoms with Crippen molar-refractivity contribution in [3.05, 3.63) is 41.7 Å². The normalized spacial score (nSPS) is 18.2. The summed E-state index contributed by atoms with van der Waals surface area (Å²) in [5, 5.41) is 8.88. The Morgan fingerprint density at radius 3 is 2.72 bits per heavy atom. The third-order valence-corrected chi connectivity index (χ3v) is 5.36. The monoisotopic (exact) mass is 338 g/mol. The number of imidazole rings is 1. The highest BCUT2D eigenvalue weighted by atomic mass is 15.4. The van der Waals surface area contributed by atoms with Crippen molar-refractivity contribution in [2.45, 2.75) is 45.7 Å². The van der Waals surface area contributed by atoms with Crippen LogP contribution in [-0.4, -0.2) is 42.3 Å². The topological polar surface area (TPSA) is 51.8 Å². The van der Waals surface area contributed by atoms with E-state index in [2.05, 4.69) is 70.2 Å². The third-order valence-electron chi connectivity index (χ3n) is 5.36. The van der Waals surface area contributed by atoms with Crippen molar-refractivity contribution in [1.29, 1.82) is 0 Å². The Morgan fingerprint density at radius 2 is 1.96 bits per heavy atom. The molecule has 25 heavy (non-hydrogen) atoms. The van der Waals surface area contributed by atoms with Gasteiger partial charge in [0.1, 0.15) is 17.5 Å². The number of aryl methyl sites for hydroxylation is 1. The first-order valence-corrected chi connectivity index (χ1v) is 9.13. The van der Waals surface area contributed by atoms with Gasteiger partial charge in [-0.15, -0.1) is 10.2 Å². The highest BCUT2D eigenvalue weighted by Crippen LogP contribution is 2.27. The second kappa shape index (κ2) is 6.26. The quantitative estimate of drug-likeness (QED) is 0.734. The summed E-state index contributed by atoms with van der Waals surface area (Å²) >= 11 is 0. The minimum atomic E-state index is 0.295. The van der Waals surface area contributed by atoms with Crippen LogP contribution in [0, 0.1) is 0 Å². The average molecular weight is 338 g/mol. The second-order valence-corrected chi connectivity index (χ2v) is 7.26. The van der Waals surface area contributed by atoms with Gasteiger partial charge in [0.15, 0.2) is 0 Å². The molecule has 6 heteroatoms. The zero-order chi connectivity index (χ0) is 17.6. The van der Waals surface area contributed by atoms with Crippen LogP contribution in [0.3, 0.4) is 0 Å². The van der Waals surface area contributed by atoms with E-state index in [9.17, 15) is 0 Å². The predicted molar refractivity (Wildman–Crippen MR) is 98.5 cm³/mol.